The Bertz CT molecular complexity index is 508. The van der Waals surface area contributed by atoms with Crippen LogP contribution in [0.25, 0.3) is 0 Å². The van der Waals surface area contributed by atoms with Gasteiger partial charge in [-0.25, -0.2) is 4.39 Å². The molecule has 110 valence electrons. The molecule has 0 radical (unpaired) electrons. The van der Waals surface area contributed by atoms with Crippen LogP contribution in [0.5, 0.6) is 0 Å². The van der Waals surface area contributed by atoms with Crippen LogP contribution in [0.15, 0.2) is 24.3 Å². The van der Waals surface area contributed by atoms with Gasteiger partial charge in [-0.05, 0) is 18.4 Å². The molecule has 1 amide bonds. The van der Waals surface area contributed by atoms with Crippen LogP contribution >= 0.6 is 0 Å². The number of aliphatic carboxylic acids is 1. The molecular weight excluding hydrogens is 261 g/mol. The van der Waals surface area contributed by atoms with Crippen molar-refractivity contribution >= 4 is 11.9 Å². The summed E-state index contributed by atoms with van der Waals surface area (Å²) in [6, 6.07) is 5.50. The van der Waals surface area contributed by atoms with Gasteiger partial charge in [0.15, 0.2) is 0 Å². The van der Waals surface area contributed by atoms with Gasteiger partial charge in [0.05, 0.1) is 6.04 Å². The van der Waals surface area contributed by atoms with E-state index < -0.39 is 35.1 Å². The summed E-state index contributed by atoms with van der Waals surface area (Å²) in [4.78, 5) is 23.3. The number of halogens is 1. The first kappa shape index (κ1) is 16.1. The number of carboxylic acid groups (broad SMARTS) is 1. The monoisotopic (exact) mass is 281 g/mol. The number of benzene rings is 1. The number of carboxylic acids is 1. The minimum absolute atomic E-state index is 0.332. The number of carbonyl (C=O) groups excluding carboxylic acids is 1. The second kappa shape index (κ2) is 6.03. The summed E-state index contributed by atoms with van der Waals surface area (Å²) >= 11 is 0. The average molecular weight is 281 g/mol. The highest BCUT2D eigenvalue weighted by Gasteiger charge is 2.38. The summed E-state index contributed by atoms with van der Waals surface area (Å²) in [7, 11) is 0. The van der Waals surface area contributed by atoms with E-state index in [0.29, 0.717) is 5.56 Å². The molecule has 0 spiro atoms. The van der Waals surface area contributed by atoms with Crippen molar-refractivity contribution in [2.24, 2.45) is 11.3 Å². The van der Waals surface area contributed by atoms with Gasteiger partial charge in [0.1, 0.15) is 11.7 Å². The summed E-state index contributed by atoms with van der Waals surface area (Å²) in [5.41, 5.74) is -0.385. The highest BCUT2D eigenvalue weighted by atomic mass is 19.1. The number of hydrogen-bond acceptors (Lipinski definition) is 2. The van der Waals surface area contributed by atoms with Crippen LogP contribution in [0.2, 0.25) is 0 Å². The maximum Gasteiger partial charge on any atom is 0.316 e. The fourth-order valence-electron chi connectivity index (χ4n) is 2.08. The van der Waals surface area contributed by atoms with E-state index in [-0.39, 0.29) is 0 Å². The molecule has 0 aliphatic rings. The molecule has 2 N–H and O–H groups in total. The van der Waals surface area contributed by atoms with Gasteiger partial charge >= 0.3 is 5.97 Å². The highest BCUT2D eigenvalue weighted by Crippen LogP contribution is 2.27. The highest BCUT2D eigenvalue weighted by molar-refractivity contribution is 5.97. The number of amides is 1. The van der Waals surface area contributed by atoms with Gasteiger partial charge < -0.3 is 10.4 Å². The van der Waals surface area contributed by atoms with Crippen molar-refractivity contribution in [3.05, 3.63) is 35.6 Å². The standard InChI is InChI=1S/C15H20FNO3/c1-9(10-7-5-6-8-11(10)16)17-13(18)12(14(19)20)15(2,3)4/h5-9,12H,1-4H3,(H,17,18)(H,19,20). The van der Waals surface area contributed by atoms with Gasteiger partial charge in [-0.1, -0.05) is 39.0 Å². The first-order valence-electron chi connectivity index (χ1n) is 6.42. The summed E-state index contributed by atoms with van der Waals surface area (Å²) in [5, 5.41) is 11.7. The average Bonchev–Trinajstić information content (AvgIpc) is 2.26. The van der Waals surface area contributed by atoms with E-state index in [9.17, 15) is 19.1 Å². The van der Waals surface area contributed by atoms with Crippen molar-refractivity contribution in [1.29, 1.82) is 0 Å². The third-order valence-corrected chi connectivity index (χ3v) is 3.11. The quantitative estimate of drug-likeness (QED) is 0.834. The van der Waals surface area contributed by atoms with Crippen molar-refractivity contribution < 1.29 is 19.1 Å². The van der Waals surface area contributed by atoms with E-state index in [4.69, 9.17) is 0 Å². The van der Waals surface area contributed by atoms with Crippen LogP contribution in [0.1, 0.15) is 39.3 Å². The Balaban J connectivity index is 2.90. The minimum Gasteiger partial charge on any atom is -0.481 e. The van der Waals surface area contributed by atoms with E-state index in [0.717, 1.165) is 0 Å². The van der Waals surface area contributed by atoms with Crippen molar-refractivity contribution in [3.8, 4) is 0 Å². The van der Waals surface area contributed by atoms with Crippen molar-refractivity contribution in [1.82, 2.24) is 5.32 Å². The molecule has 0 saturated carbocycles. The van der Waals surface area contributed by atoms with Crippen LogP contribution in [-0.4, -0.2) is 17.0 Å². The molecule has 1 rings (SSSR count). The fraction of sp³-hybridized carbons (Fsp3) is 0.467. The lowest BCUT2D eigenvalue weighted by atomic mass is 9.80. The molecule has 0 aliphatic heterocycles. The molecule has 20 heavy (non-hydrogen) atoms. The minimum atomic E-state index is -1.18. The fourth-order valence-corrected chi connectivity index (χ4v) is 2.08. The zero-order chi connectivity index (χ0) is 15.5. The Morgan fingerprint density at radius 1 is 1.25 bits per heavy atom. The van der Waals surface area contributed by atoms with Gasteiger partial charge in [0, 0.05) is 5.56 Å². The normalized spacial score (nSPS) is 14.4. The van der Waals surface area contributed by atoms with Gasteiger partial charge in [0.2, 0.25) is 5.91 Å². The Morgan fingerprint density at radius 3 is 2.25 bits per heavy atom. The second-order valence-electron chi connectivity index (χ2n) is 5.89. The third-order valence-electron chi connectivity index (χ3n) is 3.11. The lowest BCUT2D eigenvalue weighted by molar-refractivity contribution is -0.151. The number of nitrogens with one attached hydrogen (secondary N) is 1. The lowest BCUT2D eigenvalue weighted by Gasteiger charge is -2.27. The Labute approximate surface area is 118 Å². The molecule has 0 bridgehead atoms. The van der Waals surface area contributed by atoms with Crippen molar-refractivity contribution in [2.75, 3.05) is 0 Å². The lowest BCUT2D eigenvalue weighted by Crippen LogP contribution is -2.43. The Hall–Kier alpha value is -1.91. The van der Waals surface area contributed by atoms with Gasteiger partial charge in [-0.3, -0.25) is 9.59 Å². The first-order chi connectivity index (χ1) is 9.14. The summed E-state index contributed by atoms with van der Waals surface area (Å²) < 4.78 is 13.6. The van der Waals surface area contributed by atoms with Gasteiger partial charge in [-0.2, -0.15) is 0 Å². The summed E-state index contributed by atoms with van der Waals surface area (Å²) in [6.07, 6.45) is 0. The predicted molar refractivity (Wildman–Crippen MR) is 73.5 cm³/mol. The number of rotatable bonds is 4. The van der Waals surface area contributed by atoms with Crippen molar-refractivity contribution in [3.63, 3.8) is 0 Å². The van der Waals surface area contributed by atoms with E-state index in [1.54, 1.807) is 45.9 Å². The smallest absolute Gasteiger partial charge is 0.316 e. The van der Waals surface area contributed by atoms with Gasteiger partial charge in [-0.15, -0.1) is 0 Å². The largest absolute Gasteiger partial charge is 0.481 e. The summed E-state index contributed by atoms with van der Waals surface area (Å²) in [5.74, 6) is -3.41. The number of carbonyl (C=O) groups is 2. The molecule has 2 atom stereocenters. The molecule has 0 aromatic heterocycles. The molecule has 0 saturated heterocycles. The first-order valence-corrected chi connectivity index (χ1v) is 6.42. The van der Waals surface area contributed by atoms with Gasteiger partial charge in [0.25, 0.3) is 0 Å². The molecular formula is C15H20FNO3. The Kier molecular flexibility index (Phi) is 4.87. The summed E-state index contributed by atoms with van der Waals surface area (Å²) in [6.45, 7) is 6.66. The van der Waals surface area contributed by atoms with Crippen LogP contribution in [0, 0.1) is 17.2 Å². The maximum atomic E-state index is 13.6. The van der Waals surface area contributed by atoms with Crippen LogP contribution in [0.3, 0.4) is 0 Å². The molecule has 2 unspecified atom stereocenters. The Morgan fingerprint density at radius 2 is 1.80 bits per heavy atom. The van der Waals surface area contributed by atoms with E-state index >= 15 is 0 Å². The van der Waals surface area contributed by atoms with Crippen LogP contribution in [0.4, 0.5) is 4.39 Å². The molecule has 0 fully saturated rings. The van der Waals surface area contributed by atoms with E-state index in [1.807, 2.05) is 0 Å². The van der Waals surface area contributed by atoms with E-state index in [2.05, 4.69) is 5.32 Å². The zero-order valence-electron chi connectivity index (χ0n) is 12.1. The molecule has 1 aromatic rings. The zero-order valence-corrected chi connectivity index (χ0v) is 12.1. The molecule has 0 heterocycles. The second-order valence-corrected chi connectivity index (χ2v) is 5.89. The molecule has 5 heteroatoms. The number of hydrogen-bond donors (Lipinski definition) is 2. The molecule has 4 nitrogen and oxygen atoms in total. The van der Waals surface area contributed by atoms with E-state index in [1.165, 1.54) is 6.07 Å². The third kappa shape index (κ3) is 3.79. The molecule has 1 aromatic carbocycles. The predicted octanol–water partition coefficient (Wildman–Crippen LogP) is 2.75. The van der Waals surface area contributed by atoms with Crippen LogP contribution < -0.4 is 5.32 Å². The molecule has 0 aliphatic carbocycles. The maximum absolute atomic E-state index is 13.6. The topological polar surface area (TPSA) is 66.4 Å². The van der Waals surface area contributed by atoms with Crippen molar-refractivity contribution in [2.45, 2.75) is 33.7 Å². The SMILES string of the molecule is CC(NC(=O)C(C(=O)O)C(C)(C)C)c1ccccc1F. The van der Waals surface area contributed by atoms with Crippen LogP contribution in [-0.2, 0) is 9.59 Å².